The number of nitrogens with two attached hydrogens (primary N) is 1. The smallest absolute Gasteiger partial charge is 0.384 e. The lowest BCUT2D eigenvalue weighted by Gasteiger charge is -2.02. The fourth-order valence-corrected chi connectivity index (χ4v) is 0.951. The lowest BCUT2D eigenvalue weighted by molar-refractivity contribution is -0.133. The molecule has 0 aliphatic carbocycles. The van der Waals surface area contributed by atoms with Gasteiger partial charge in [-0.1, -0.05) is 5.92 Å². The van der Waals surface area contributed by atoms with Crippen molar-refractivity contribution in [3.63, 3.8) is 0 Å². The van der Waals surface area contributed by atoms with Crippen molar-refractivity contribution in [3.05, 3.63) is 23.8 Å². The van der Waals surface area contributed by atoms with Crippen molar-refractivity contribution >= 4 is 11.7 Å². The second kappa shape index (κ2) is 4.91. The molecule has 1 rings (SSSR count). The first-order chi connectivity index (χ1) is 7.17. The van der Waals surface area contributed by atoms with E-state index in [1.54, 1.807) is 25.3 Å². The Morgan fingerprint density at radius 1 is 1.40 bits per heavy atom. The maximum atomic E-state index is 10.8. The Bertz CT molecular complexity index is 429. The van der Waals surface area contributed by atoms with Gasteiger partial charge in [0.2, 0.25) is 0 Å². The van der Waals surface area contributed by atoms with Gasteiger partial charge in [-0.05, 0) is 12.1 Å². The van der Waals surface area contributed by atoms with Gasteiger partial charge < -0.3 is 15.2 Å². The first kappa shape index (κ1) is 10.9. The van der Waals surface area contributed by atoms with Crippen molar-refractivity contribution in [2.24, 2.45) is 0 Å². The van der Waals surface area contributed by atoms with Gasteiger partial charge in [0.25, 0.3) is 0 Å². The molecule has 4 heteroatoms. The van der Waals surface area contributed by atoms with E-state index < -0.39 is 5.97 Å². The number of anilines is 1. The minimum absolute atomic E-state index is 0.464. The summed E-state index contributed by atoms with van der Waals surface area (Å²) in [5, 5.41) is 0. The average molecular weight is 205 g/mol. The second-order valence-corrected chi connectivity index (χ2v) is 2.69. The minimum Gasteiger partial charge on any atom is -0.497 e. The molecule has 0 unspecified atom stereocenters. The molecular weight excluding hydrogens is 194 g/mol. The van der Waals surface area contributed by atoms with Crippen LogP contribution in [0.2, 0.25) is 0 Å². The molecule has 0 spiro atoms. The van der Waals surface area contributed by atoms with Gasteiger partial charge in [-0.25, -0.2) is 4.79 Å². The summed E-state index contributed by atoms with van der Waals surface area (Å²) in [7, 11) is 2.82. The standard InChI is InChI=1S/C11H11NO3/c1-14-9-5-3-8(10(12)7-9)4-6-11(13)15-2/h3,5,7H,12H2,1-2H3. The molecule has 0 atom stereocenters. The predicted molar refractivity (Wildman–Crippen MR) is 56.3 cm³/mol. The molecule has 1 aromatic carbocycles. The van der Waals surface area contributed by atoms with E-state index in [9.17, 15) is 4.79 Å². The molecule has 0 aliphatic rings. The number of carbonyl (C=O) groups is 1. The molecule has 0 radical (unpaired) electrons. The number of hydrogen-bond acceptors (Lipinski definition) is 4. The molecule has 0 fully saturated rings. The van der Waals surface area contributed by atoms with Gasteiger partial charge in [0.15, 0.2) is 0 Å². The van der Waals surface area contributed by atoms with Crippen LogP contribution in [0.25, 0.3) is 0 Å². The van der Waals surface area contributed by atoms with Crippen molar-refractivity contribution in [1.29, 1.82) is 0 Å². The SMILES string of the molecule is COC(=O)C#Cc1ccc(OC)cc1N. The van der Waals surface area contributed by atoms with E-state index in [1.165, 1.54) is 7.11 Å². The summed E-state index contributed by atoms with van der Waals surface area (Å²) >= 11 is 0. The third kappa shape index (κ3) is 2.92. The normalized spacial score (nSPS) is 8.67. The summed E-state index contributed by atoms with van der Waals surface area (Å²) in [6.45, 7) is 0. The number of rotatable bonds is 1. The van der Waals surface area contributed by atoms with Crippen LogP contribution in [0.5, 0.6) is 5.75 Å². The van der Waals surface area contributed by atoms with E-state index in [0.29, 0.717) is 17.0 Å². The molecule has 0 aliphatic heterocycles. The maximum Gasteiger partial charge on any atom is 0.384 e. The van der Waals surface area contributed by atoms with Crippen LogP contribution in [0.3, 0.4) is 0 Å². The van der Waals surface area contributed by atoms with Crippen LogP contribution in [0.4, 0.5) is 5.69 Å². The molecule has 0 heterocycles. The van der Waals surface area contributed by atoms with Crippen molar-refractivity contribution in [3.8, 4) is 17.6 Å². The van der Waals surface area contributed by atoms with Crippen LogP contribution in [0, 0.1) is 11.8 Å². The highest BCUT2D eigenvalue weighted by atomic mass is 16.5. The molecular formula is C11H11NO3. The van der Waals surface area contributed by atoms with Crippen molar-refractivity contribution in [1.82, 2.24) is 0 Å². The highest BCUT2D eigenvalue weighted by Gasteiger charge is 1.98. The zero-order chi connectivity index (χ0) is 11.3. The highest BCUT2D eigenvalue weighted by Crippen LogP contribution is 2.18. The van der Waals surface area contributed by atoms with Gasteiger partial charge in [0, 0.05) is 17.6 Å². The first-order valence-electron chi connectivity index (χ1n) is 4.21. The second-order valence-electron chi connectivity index (χ2n) is 2.69. The van der Waals surface area contributed by atoms with Gasteiger partial charge >= 0.3 is 5.97 Å². The van der Waals surface area contributed by atoms with Crippen LogP contribution >= 0.6 is 0 Å². The molecule has 0 amide bonds. The summed E-state index contributed by atoms with van der Waals surface area (Å²) in [4.78, 5) is 10.8. The minimum atomic E-state index is -0.592. The molecule has 4 nitrogen and oxygen atoms in total. The van der Waals surface area contributed by atoms with Crippen LogP contribution in [-0.2, 0) is 9.53 Å². The van der Waals surface area contributed by atoms with E-state index in [2.05, 4.69) is 16.6 Å². The van der Waals surface area contributed by atoms with Crippen molar-refractivity contribution < 1.29 is 14.3 Å². The molecule has 0 saturated carbocycles. The summed E-state index contributed by atoms with van der Waals surface area (Å²) < 4.78 is 9.36. The average Bonchev–Trinajstić information content (AvgIpc) is 2.26. The Morgan fingerprint density at radius 3 is 2.67 bits per heavy atom. The first-order valence-corrected chi connectivity index (χ1v) is 4.21. The van der Waals surface area contributed by atoms with Gasteiger partial charge in [-0.3, -0.25) is 0 Å². The number of esters is 1. The molecule has 0 aromatic heterocycles. The molecule has 15 heavy (non-hydrogen) atoms. The number of methoxy groups -OCH3 is 2. The molecule has 0 bridgehead atoms. The van der Waals surface area contributed by atoms with Crippen molar-refractivity contribution in [2.75, 3.05) is 20.0 Å². The maximum absolute atomic E-state index is 10.8. The van der Waals surface area contributed by atoms with Gasteiger partial charge in [-0.2, -0.15) is 0 Å². The Labute approximate surface area is 88.0 Å². The topological polar surface area (TPSA) is 61.5 Å². The fourth-order valence-electron chi connectivity index (χ4n) is 0.951. The van der Waals surface area contributed by atoms with E-state index >= 15 is 0 Å². The Morgan fingerprint density at radius 2 is 2.13 bits per heavy atom. The summed E-state index contributed by atoms with van der Waals surface area (Å²) in [6.07, 6.45) is 0. The zero-order valence-corrected chi connectivity index (χ0v) is 8.53. The summed E-state index contributed by atoms with van der Waals surface area (Å²) in [5.41, 5.74) is 6.72. The molecule has 0 saturated heterocycles. The number of benzene rings is 1. The number of hydrogen-bond donors (Lipinski definition) is 1. The van der Waals surface area contributed by atoms with Crippen LogP contribution in [-0.4, -0.2) is 20.2 Å². The predicted octanol–water partition coefficient (Wildman–Crippen LogP) is 0.802. The quantitative estimate of drug-likeness (QED) is 0.418. The van der Waals surface area contributed by atoms with Gasteiger partial charge in [-0.15, -0.1) is 0 Å². The highest BCUT2D eigenvalue weighted by molar-refractivity contribution is 5.89. The van der Waals surface area contributed by atoms with E-state index in [1.807, 2.05) is 0 Å². The Kier molecular flexibility index (Phi) is 3.58. The van der Waals surface area contributed by atoms with E-state index in [-0.39, 0.29) is 0 Å². The monoisotopic (exact) mass is 205 g/mol. The molecule has 2 N–H and O–H groups in total. The summed E-state index contributed by atoms with van der Waals surface area (Å²) in [6, 6.07) is 5.04. The zero-order valence-electron chi connectivity index (χ0n) is 8.53. The lowest BCUT2D eigenvalue weighted by atomic mass is 10.2. The third-order valence-electron chi connectivity index (χ3n) is 1.74. The number of ether oxygens (including phenoxy) is 2. The van der Waals surface area contributed by atoms with Crippen LogP contribution in [0.15, 0.2) is 18.2 Å². The molecule has 1 aromatic rings. The third-order valence-corrected chi connectivity index (χ3v) is 1.74. The Balaban J connectivity index is 2.95. The van der Waals surface area contributed by atoms with Crippen molar-refractivity contribution in [2.45, 2.75) is 0 Å². The van der Waals surface area contributed by atoms with E-state index in [0.717, 1.165) is 0 Å². The van der Waals surface area contributed by atoms with Gasteiger partial charge in [0.1, 0.15) is 5.75 Å². The number of carbonyl (C=O) groups excluding carboxylic acids is 1. The Hall–Kier alpha value is -2.15. The van der Waals surface area contributed by atoms with Gasteiger partial charge in [0.05, 0.1) is 19.9 Å². The number of nitrogen functional groups attached to an aromatic ring is 1. The largest absolute Gasteiger partial charge is 0.497 e. The van der Waals surface area contributed by atoms with E-state index in [4.69, 9.17) is 10.5 Å². The van der Waals surface area contributed by atoms with Crippen LogP contribution in [0.1, 0.15) is 5.56 Å². The fraction of sp³-hybridized carbons (Fsp3) is 0.182. The molecule has 78 valence electrons. The van der Waals surface area contributed by atoms with Crippen LogP contribution < -0.4 is 10.5 Å². The lowest BCUT2D eigenvalue weighted by Crippen LogP contribution is -1.96. The summed E-state index contributed by atoms with van der Waals surface area (Å²) in [5.74, 6) is 4.96.